The van der Waals surface area contributed by atoms with Crippen LogP contribution in [0, 0.1) is 11.3 Å². The molecule has 0 aliphatic carbocycles. The van der Waals surface area contributed by atoms with Crippen LogP contribution in [0.3, 0.4) is 0 Å². The van der Waals surface area contributed by atoms with E-state index in [4.69, 9.17) is 14.6 Å². The molecule has 31 heavy (non-hydrogen) atoms. The van der Waals surface area contributed by atoms with Gasteiger partial charge in [0.1, 0.15) is 11.3 Å². The number of carbonyl (C=O) groups is 2. The molecule has 0 saturated carbocycles. The van der Waals surface area contributed by atoms with Crippen LogP contribution in [0.2, 0.25) is 0 Å². The van der Waals surface area contributed by atoms with E-state index in [1.165, 1.54) is 0 Å². The summed E-state index contributed by atoms with van der Waals surface area (Å²) in [6, 6.07) is 17.5. The molecule has 3 N–H and O–H groups in total. The van der Waals surface area contributed by atoms with Gasteiger partial charge >= 0.3 is 6.09 Å². The highest BCUT2D eigenvalue weighted by Gasteiger charge is 2.41. The number of nitrogens with one attached hydrogen (secondary N) is 2. The Morgan fingerprint density at radius 2 is 1.71 bits per heavy atom. The fourth-order valence-electron chi connectivity index (χ4n) is 3.63. The van der Waals surface area contributed by atoms with Crippen molar-refractivity contribution in [2.24, 2.45) is 0 Å². The Balaban J connectivity index is 1.67. The summed E-state index contributed by atoms with van der Waals surface area (Å²) in [5.41, 5.74) is 1.56. The van der Waals surface area contributed by atoms with Crippen molar-refractivity contribution >= 4 is 12.0 Å². The summed E-state index contributed by atoms with van der Waals surface area (Å²) in [4.78, 5) is 24.0. The summed E-state index contributed by atoms with van der Waals surface area (Å²) < 4.78 is 10.4. The molecule has 1 fully saturated rings. The Bertz CT molecular complexity index is 945. The van der Waals surface area contributed by atoms with Crippen LogP contribution >= 0.6 is 0 Å². The zero-order chi connectivity index (χ0) is 22.3. The maximum Gasteiger partial charge on any atom is 0.405 e. The second-order valence-electron chi connectivity index (χ2n) is 7.37. The van der Waals surface area contributed by atoms with Crippen molar-refractivity contribution in [3.05, 3.63) is 54.1 Å². The lowest BCUT2D eigenvalue weighted by molar-refractivity contribution is -0.131. The Kier molecular flexibility index (Phi) is 7.11. The molecule has 1 aliphatic rings. The zero-order valence-electron chi connectivity index (χ0n) is 17.3. The summed E-state index contributed by atoms with van der Waals surface area (Å²) in [6.07, 6.45) is -0.763. The fraction of sp³-hybridized carbons (Fsp3) is 0.348. The van der Waals surface area contributed by atoms with Crippen molar-refractivity contribution in [1.29, 1.82) is 5.26 Å². The molecule has 162 valence electrons. The first-order valence-electron chi connectivity index (χ1n) is 9.98. The van der Waals surface area contributed by atoms with Gasteiger partial charge in [0.05, 0.1) is 19.1 Å². The first-order valence-corrected chi connectivity index (χ1v) is 9.98. The number of rotatable bonds is 7. The number of hydrogen-bond donors (Lipinski definition) is 3. The standard InChI is InChI=1S/C23H25N3O5/c1-30-20-8-6-17(7-9-20)16-2-4-18(5-3-16)19(14-24)15-25-21(27)23(26-22(28)29)10-12-31-13-11-23/h2-9,19,26H,10-13,15H2,1H3,(H,25,27)(H,28,29). The monoisotopic (exact) mass is 423 g/mol. The number of ether oxygens (including phenoxy) is 2. The van der Waals surface area contributed by atoms with E-state index in [-0.39, 0.29) is 19.4 Å². The lowest BCUT2D eigenvalue weighted by Gasteiger charge is -2.35. The molecule has 2 aromatic carbocycles. The molecule has 0 radical (unpaired) electrons. The highest BCUT2D eigenvalue weighted by molar-refractivity contribution is 5.89. The summed E-state index contributed by atoms with van der Waals surface area (Å²) in [7, 11) is 1.62. The van der Waals surface area contributed by atoms with Crippen LogP contribution in [0.15, 0.2) is 48.5 Å². The van der Waals surface area contributed by atoms with Crippen LogP contribution in [0.25, 0.3) is 11.1 Å². The maximum atomic E-state index is 12.8. The predicted octanol–water partition coefficient (Wildman–Crippen LogP) is 2.90. The number of carbonyl (C=O) groups excluding carboxylic acids is 1. The normalized spacial score (nSPS) is 15.9. The molecule has 3 rings (SSSR count). The minimum absolute atomic E-state index is 0.0844. The van der Waals surface area contributed by atoms with Gasteiger partial charge in [-0.05, 0) is 28.8 Å². The van der Waals surface area contributed by atoms with Crippen LogP contribution in [0.4, 0.5) is 4.79 Å². The van der Waals surface area contributed by atoms with Crippen molar-refractivity contribution in [1.82, 2.24) is 10.6 Å². The highest BCUT2D eigenvalue weighted by Crippen LogP contribution is 2.25. The summed E-state index contributed by atoms with van der Waals surface area (Å²) >= 11 is 0. The summed E-state index contributed by atoms with van der Waals surface area (Å²) in [6.45, 7) is 0.672. The molecule has 2 aromatic rings. The average molecular weight is 423 g/mol. The first kappa shape index (κ1) is 22.1. The summed E-state index contributed by atoms with van der Waals surface area (Å²) in [5, 5.41) is 23.8. The van der Waals surface area contributed by atoms with Crippen LogP contribution in [0.5, 0.6) is 5.75 Å². The number of benzene rings is 2. The van der Waals surface area contributed by atoms with E-state index in [1.54, 1.807) is 7.11 Å². The molecule has 1 heterocycles. The lowest BCUT2D eigenvalue weighted by atomic mass is 9.88. The quantitative estimate of drug-likeness (QED) is 0.630. The number of hydrogen-bond acceptors (Lipinski definition) is 5. The van der Waals surface area contributed by atoms with Crippen LogP contribution in [0.1, 0.15) is 24.3 Å². The van der Waals surface area contributed by atoms with Crippen molar-refractivity contribution in [3.63, 3.8) is 0 Å². The van der Waals surface area contributed by atoms with Gasteiger partial charge < -0.3 is 25.2 Å². The van der Waals surface area contributed by atoms with E-state index in [2.05, 4.69) is 16.7 Å². The highest BCUT2D eigenvalue weighted by atomic mass is 16.5. The predicted molar refractivity (Wildman–Crippen MR) is 114 cm³/mol. The van der Waals surface area contributed by atoms with Crippen LogP contribution in [-0.4, -0.2) is 49.5 Å². The fourth-order valence-corrected chi connectivity index (χ4v) is 3.63. The van der Waals surface area contributed by atoms with E-state index >= 15 is 0 Å². The lowest BCUT2D eigenvalue weighted by Crippen LogP contribution is -2.61. The molecule has 1 unspecified atom stereocenters. The number of nitriles is 1. The third kappa shape index (κ3) is 5.32. The SMILES string of the molecule is COc1ccc(-c2ccc(C(C#N)CNC(=O)C3(NC(=O)O)CCOCC3)cc2)cc1. The van der Waals surface area contributed by atoms with Gasteiger partial charge in [-0.1, -0.05) is 36.4 Å². The third-order valence-electron chi connectivity index (χ3n) is 5.49. The molecule has 1 aliphatic heterocycles. The molecular weight excluding hydrogens is 398 g/mol. The third-order valence-corrected chi connectivity index (χ3v) is 5.49. The molecule has 1 saturated heterocycles. The Morgan fingerprint density at radius 3 is 2.23 bits per heavy atom. The van der Waals surface area contributed by atoms with E-state index in [9.17, 15) is 14.9 Å². The largest absolute Gasteiger partial charge is 0.497 e. The molecule has 0 bridgehead atoms. The molecule has 0 spiro atoms. The minimum Gasteiger partial charge on any atom is -0.497 e. The minimum atomic E-state index is -1.26. The van der Waals surface area contributed by atoms with Gasteiger partial charge in [0.25, 0.3) is 0 Å². The average Bonchev–Trinajstić information content (AvgIpc) is 2.80. The number of carboxylic acid groups (broad SMARTS) is 1. The number of nitrogens with zero attached hydrogens (tertiary/aromatic N) is 1. The van der Waals surface area contributed by atoms with Crippen molar-refractivity contribution in [3.8, 4) is 22.9 Å². The van der Waals surface area contributed by atoms with Crippen LogP contribution < -0.4 is 15.4 Å². The van der Waals surface area contributed by atoms with E-state index in [0.717, 1.165) is 22.4 Å². The molecule has 8 nitrogen and oxygen atoms in total. The molecule has 1 atom stereocenters. The van der Waals surface area contributed by atoms with E-state index in [0.29, 0.717) is 13.2 Å². The van der Waals surface area contributed by atoms with Gasteiger partial charge in [-0.15, -0.1) is 0 Å². The second kappa shape index (κ2) is 9.96. The smallest absolute Gasteiger partial charge is 0.405 e. The van der Waals surface area contributed by atoms with Gasteiger partial charge in [0.2, 0.25) is 5.91 Å². The zero-order valence-corrected chi connectivity index (χ0v) is 17.3. The van der Waals surface area contributed by atoms with Gasteiger partial charge in [-0.3, -0.25) is 4.79 Å². The van der Waals surface area contributed by atoms with Crippen molar-refractivity contribution < 1.29 is 24.2 Å². The van der Waals surface area contributed by atoms with Crippen molar-refractivity contribution in [2.45, 2.75) is 24.3 Å². The van der Waals surface area contributed by atoms with E-state index in [1.807, 2.05) is 48.5 Å². The van der Waals surface area contributed by atoms with Gasteiger partial charge in [-0.25, -0.2) is 4.79 Å². The number of methoxy groups -OCH3 is 1. The molecule has 8 heteroatoms. The maximum absolute atomic E-state index is 12.8. The van der Waals surface area contributed by atoms with Gasteiger partial charge in [0, 0.05) is 32.6 Å². The topological polar surface area (TPSA) is 121 Å². The molecular formula is C23H25N3O5. The second-order valence-corrected chi connectivity index (χ2v) is 7.37. The van der Waals surface area contributed by atoms with Crippen molar-refractivity contribution in [2.75, 3.05) is 26.9 Å². The van der Waals surface area contributed by atoms with Crippen LogP contribution in [-0.2, 0) is 9.53 Å². The van der Waals surface area contributed by atoms with E-state index < -0.39 is 23.5 Å². The van der Waals surface area contributed by atoms with Gasteiger partial charge in [0.15, 0.2) is 0 Å². The Hall–Kier alpha value is -3.57. The Morgan fingerprint density at radius 1 is 1.13 bits per heavy atom. The Labute approximate surface area is 180 Å². The first-order chi connectivity index (χ1) is 15.0. The molecule has 2 amide bonds. The molecule has 0 aromatic heterocycles. The van der Waals surface area contributed by atoms with Gasteiger partial charge in [-0.2, -0.15) is 5.26 Å². The number of amides is 2. The summed E-state index contributed by atoms with van der Waals surface area (Å²) in [5.74, 6) is -0.218.